The summed E-state index contributed by atoms with van der Waals surface area (Å²) in [5, 5.41) is 1.33. The summed E-state index contributed by atoms with van der Waals surface area (Å²) < 4.78 is 5.78. The van der Waals surface area contributed by atoms with E-state index in [9.17, 15) is 19.2 Å². The molecule has 7 rings (SSSR count). The van der Waals surface area contributed by atoms with Crippen molar-refractivity contribution in [2.24, 2.45) is 23.7 Å². The molecule has 2 amide bonds. The van der Waals surface area contributed by atoms with Crippen molar-refractivity contribution < 1.29 is 23.9 Å². The zero-order chi connectivity index (χ0) is 33.1. The minimum atomic E-state index is -1.13. The molecule has 2 aliphatic carbocycles. The lowest BCUT2D eigenvalue weighted by atomic mass is 9.81. The van der Waals surface area contributed by atoms with Crippen LogP contribution in [0.25, 0.3) is 22.2 Å². The number of imide groups is 1. The van der Waals surface area contributed by atoms with Crippen molar-refractivity contribution in [3.63, 3.8) is 0 Å². The number of rotatable bonds is 8. The van der Waals surface area contributed by atoms with Gasteiger partial charge >= 0.3 is 5.97 Å². The van der Waals surface area contributed by atoms with Gasteiger partial charge in [0.05, 0.1) is 34.3 Å². The topological polar surface area (TPSA) is 93.6 Å². The van der Waals surface area contributed by atoms with Crippen molar-refractivity contribution in [2.75, 3.05) is 10.8 Å². The van der Waals surface area contributed by atoms with Gasteiger partial charge in [0.1, 0.15) is 0 Å². The van der Waals surface area contributed by atoms with Crippen molar-refractivity contribution >= 4 is 107 Å². The van der Waals surface area contributed by atoms with Gasteiger partial charge in [0.25, 0.3) is 0 Å². The van der Waals surface area contributed by atoms with Gasteiger partial charge in [-0.15, -0.1) is 11.6 Å². The first-order valence-electron chi connectivity index (χ1n) is 15.0. The van der Waals surface area contributed by atoms with E-state index in [1.54, 1.807) is 72.8 Å². The Bertz CT molecular complexity index is 1910. The number of aromatic nitrogens is 1. The summed E-state index contributed by atoms with van der Waals surface area (Å²) in [7, 11) is 0. The molecule has 1 saturated heterocycles. The number of hydrogen-bond acceptors (Lipinski definition) is 6. The molecule has 2 heterocycles. The Labute approximate surface area is 302 Å². The lowest BCUT2D eigenvalue weighted by Crippen LogP contribution is -2.37. The predicted molar refractivity (Wildman–Crippen MR) is 189 cm³/mol. The molecule has 0 N–H and O–H groups in total. The molecule has 0 radical (unpaired) electrons. The molecular weight excluding hydrogens is 795 g/mol. The molecule has 2 saturated carbocycles. The zero-order valence-corrected chi connectivity index (χ0v) is 29.9. The molecule has 1 aromatic heterocycles. The number of carbonyl (C=O) groups is 4. The molecule has 7 nitrogen and oxygen atoms in total. The van der Waals surface area contributed by atoms with Crippen LogP contribution >= 0.6 is 66.7 Å². The fourth-order valence-electron chi connectivity index (χ4n) is 7.23. The van der Waals surface area contributed by atoms with E-state index >= 15 is 0 Å². The summed E-state index contributed by atoms with van der Waals surface area (Å²) >= 11 is 25.7. The monoisotopic (exact) mass is 816 g/mol. The van der Waals surface area contributed by atoms with Crippen LogP contribution < -0.4 is 4.90 Å². The summed E-state index contributed by atoms with van der Waals surface area (Å²) in [6.07, 6.45) is -0.163. The second kappa shape index (κ2) is 12.9. The highest BCUT2D eigenvalue weighted by Gasteiger charge is 2.66. The van der Waals surface area contributed by atoms with Gasteiger partial charge in [0, 0.05) is 48.5 Å². The van der Waals surface area contributed by atoms with Gasteiger partial charge < -0.3 is 4.74 Å². The normalized spacial score (nSPS) is 25.3. The lowest BCUT2D eigenvalue weighted by Gasteiger charge is -2.28. The number of pyridine rings is 1. The third-order valence-electron chi connectivity index (χ3n) is 9.44. The van der Waals surface area contributed by atoms with Crippen molar-refractivity contribution in [1.82, 2.24) is 4.98 Å². The molecule has 7 atom stereocenters. The fraction of sp³-hybridized carbons (Fsp3) is 0.286. The van der Waals surface area contributed by atoms with E-state index in [0.717, 1.165) is 6.42 Å². The van der Waals surface area contributed by atoms with E-state index in [4.69, 9.17) is 44.5 Å². The maximum absolute atomic E-state index is 13.7. The van der Waals surface area contributed by atoms with E-state index in [1.165, 1.54) is 4.90 Å². The Kier molecular flexibility index (Phi) is 8.98. The molecule has 0 spiro atoms. The van der Waals surface area contributed by atoms with Gasteiger partial charge in [0.15, 0.2) is 6.10 Å². The molecule has 240 valence electrons. The highest BCUT2D eigenvalue weighted by atomic mass is 79.9. The number of halogens is 5. The Morgan fingerprint density at radius 3 is 2.11 bits per heavy atom. The van der Waals surface area contributed by atoms with Gasteiger partial charge in [-0.25, -0.2) is 9.78 Å². The number of ether oxygens (including phenoxy) is 1. The maximum Gasteiger partial charge on any atom is 0.339 e. The fourth-order valence-corrected chi connectivity index (χ4v) is 9.60. The van der Waals surface area contributed by atoms with Crippen LogP contribution in [0.5, 0.6) is 0 Å². The maximum atomic E-state index is 13.7. The van der Waals surface area contributed by atoms with Gasteiger partial charge in [-0.2, -0.15) is 0 Å². The Morgan fingerprint density at radius 2 is 1.49 bits per heavy atom. The Morgan fingerprint density at radius 1 is 0.872 bits per heavy atom. The SMILES string of the molecule is O=C(OC(CCCl)C(=O)c1ccc(Cl)cc1)c1cc(-c2ccc(N3C(=O)C4C5CC(C(Br)C5Br)C4C3=O)cc2)nc2ccc(Cl)cc12. The summed E-state index contributed by atoms with van der Waals surface area (Å²) in [6.45, 7) is 0. The van der Waals surface area contributed by atoms with Crippen LogP contribution in [-0.4, -0.2) is 50.2 Å². The third kappa shape index (κ3) is 5.72. The van der Waals surface area contributed by atoms with E-state index in [-0.39, 0.29) is 63.0 Å². The quantitative estimate of drug-likeness (QED) is 0.0767. The number of nitrogens with zero attached hydrogens (tertiary/aromatic N) is 2. The first-order valence-corrected chi connectivity index (χ1v) is 18.1. The van der Waals surface area contributed by atoms with E-state index in [1.807, 2.05) is 0 Å². The predicted octanol–water partition coefficient (Wildman–Crippen LogP) is 8.53. The van der Waals surface area contributed by atoms with Gasteiger partial charge in [-0.3, -0.25) is 19.3 Å². The van der Waals surface area contributed by atoms with Crippen LogP contribution in [0.2, 0.25) is 10.0 Å². The number of esters is 1. The molecule has 12 heteroatoms. The molecule has 3 aromatic carbocycles. The molecule has 47 heavy (non-hydrogen) atoms. The van der Waals surface area contributed by atoms with Crippen LogP contribution in [-0.2, 0) is 14.3 Å². The Balaban J connectivity index is 1.19. The third-order valence-corrected chi connectivity index (χ3v) is 13.4. The molecule has 4 aromatic rings. The van der Waals surface area contributed by atoms with E-state index in [2.05, 4.69) is 31.9 Å². The lowest BCUT2D eigenvalue weighted by molar-refractivity contribution is -0.123. The second-order valence-electron chi connectivity index (χ2n) is 12.0. The van der Waals surface area contributed by atoms with Crippen LogP contribution in [0.3, 0.4) is 0 Å². The average molecular weight is 820 g/mol. The Hall–Kier alpha value is -2.82. The first-order chi connectivity index (χ1) is 22.6. The van der Waals surface area contributed by atoms with Crippen LogP contribution in [0, 0.1) is 23.7 Å². The van der Waals surface area contributed by atoms with Crippen LogP contribution in [0.15, 0.2) is 72.8 Å². The highest BCUT2D eigenvalue weighted by molar-refractivity contribution is 9.12. The van der Waals surface area contributed by atoms with E-state index < -0.39 is 17.9 Å². The van der Waals surface area contributed by atoms with Crippen molar-refractivity contribution in [3.05, 3.63) is 94.0 Å². The average Bonchev–Trinajstić information content (AvgIpc) is 3.68. The van der Waals surface area contributed by atoms with Crippen LogP contribution in [0.1, 0.15) is 33.6 Å². The molecule has 3 aliphatic rings. The standard InChI is InChI=1S/C35H25Br2Cl3N2O5/c36-30-23-14-24(31(30)37)29-28(23)33(44)42(34(29)45)20-8-3-16(4-9-20)26-15-22(21-13-19(40)7-10-25(21)41-26)35(46)47-27(11-12-38)32(43)17-1-5-18(39)6-2-17/h1-10,13,15,23-24,27-31H,11-12,14H2. The number of hydrogen-bond donors (Lipinski definition) is 0. The summed E-state index contributed by atoms with van der Waals surface area (Å²) in [4.78, 5) is 60.5. The zero-order valence-electron chi connectivity index (χ0n) is 24.4. The molecule has 3 fully saturated rings. The minimum Gasteiger partial charge on any atom is -0.450 e. The van der Waals surface area contributed by atoms with Crippen molar-refractivity contribution in [1.29, 1.82) is 0 Å². The summed E-state index contributed by atoms with van der Waals surface area (Å²) in [6, 6.07) is 19.9. The molecule has 1 aliphatic heterocycles. The smallest absolute Gasteiger partial charge is 0.339 e. The molecule has 2 bridgehead atoms. The van der Waals surface area contributed by atoms with Crippen molar-refractivity contribution in [2.45, 2.75) is 28.6 Å². The summed E-state index contributed by atoms with van der Waals surface area (Å²) in [5.41, 5.74) is 2.59. The largest absolute Gasteiger partial charge is 0.450 e. The minimum absolute atomic E-state index is 0.0933. The van der Waals surface area contributed by atoms with Crippen molar-refractivity contribution in [3.8, 4) is 11.3 Å². The summed E-state index contributed by atoms with van der Waals surface area (Å²) in [5.74, 6) is -1.75. The number of carbonyl (C=O) groups excluding carboxylic acids is 4. The van der Waals surface area contributed by atoms with Crippen LogP contribution in [0.4, 0.5) is 5.69 Å². The number of amides is 2. The molecule has 7 unspecified atom stereocenters. The molecular formula is C35H25Br2Cl3N2O5. The number of anilines is 1. The number of alkyl halides is 3. The number of fused-ring (bicyclic) bond motifs is 6. The second-order valence-corrected chi connectivity index (χ2v) is 15.4. The highest BCUT2D eigenvalue weighted by Crippen LogP contribution is 2.60. The van der Waals surface area contributed by atoms with Gasteiger partial charge in [0.2, 0.25) is 17.6 Å². The van der Waals surface area contributed by atoms with Gasteiger partial charge in [-0.05, 0) is 78.9 Å². The number of benzene rings is 3. The first kappa shape index (κ1) is 32.7. The number of ketones is 1. The van der Waals surface area contributed by atoms with E-state index in [0.29, 0.717) is 43.5 Å². The number of Topliss-reactive ketones (excluding diaryl/α,β-unsaturated/α-hetero) is 1. The van der Waals surface area contributed by atoms with Gasteiger partial charge in [-0.1, -0.05) is 67.2 Å².